The van der Waals surface area contributed by atoms with Crippen LogP contribution in [0.4, 0.5) is 0 Å². The Hall–Kier alpha value is -1.47. The Bertz CT molecular complexity index is 459. The zero-order valence-corrected chi connectivity index (χ0v) is 17.1. The number of hydrogen-bond donors (Lipinski definition) is 2. The first-order valence-corrected chi connectivity index (χ1v) is 10.2. The number of ether oxygens (including phenoxy) is 2. The van der Waals surface area contributed by atoms with Crippen LogP contribution in [0.3, 0.4) is 0 Å². The van der Waals surface area contributed by atoms with Crippen LogP contribution in [0.1, 0.15) is 59.3 Å². The predicted molar refractivity (Wildman–Crippen MR) is 103 cm³/mol. The first kappa shape index (κ1) is 23.6. The van der Waals surface area contributed by atoms with E-state index >= 15 is 0 Å². The number of carbonyl (C=O) groups excluding carboxylic acids is 3. The molecule has 0 aromatic heterocycles. The fourth-order valence-corrected chi connectivity index (χ4v) is 3.17. The van der Waals surface area contributed by atoms with E-state index in [1.165, 1.54) is 0 Å². The van der Waals surface area contributed by atoms with Crippen molar-refractivity contribution in [3.63, 3.8) is 0 Å². The second kappa shape index (κ2) is 13.7. The van der Waals surface area contributed by atoms with E-state index in [1.807, 2.05) is 13.8 Å². The minimum Gasteiger partial charge on any atom is -0.379 e. The van der Waals surface area contributed by atoms with Gasteiger partial charge in [0.1, 0.15) is 5.78 Å². The molecule has 1 fully saturated rings. The maximum Gasteiger partial charge on any atom is 0.222 e. The van der Waals surface area contributed by atoms with Gasteiger partial charge in [0.25, 0.3) is 0 Å². The number of nitrogens with one attached hydrogen (secondary N) is 2. The molecule has 0 bridgehead atoms. The van der Waals surface area contributed by atoms with Crippen molar-refractivity contribution in [3.8, 4) is 0 Å². The monoisotopic (exact) mass is 384 g/mol. The van der Waals surface area contributed by atoms with E-state index in [9.17, 15) is 14.4 Å². The van der Waals surface area contributed by atoms with Gasteiger partial charge in [0, 0.05) is 37.3 Å². The van der Waals surface area contributed by atoms with Crippen molar-refractivity contribution in [2.24, 2.45) is 11.8 Å². The Kier molecular flexibility index (Phi) is 11.9. The average Bonchev–Trinajstić information content (AvgIpc) is 2.66. The van der Waals surface area contributed by atoms with Crippen molar-refractivity contribution >= 4 is 17.6 Å². The van der Waals surface area contributed by atoms with Gasteiger partial charge >= 0.3 is 0 Å². The average molecular weight is 385 g/mol. The summed E-state index contributed by atoms with van der Waals surface area (Å²) in [5, 5.41) is 5.77. The largest absolute Gasteiger partial charge is 0.379 e. The quantitative estimate of drug-likeness (QED) is 0.473. The summed E-state index contributed by atoms with van der Waals surface area (Å²) in [7, 11) is 0. The molecule has 1 aliphatic carbocycles. The van der Waals surface area contributed by atoms with Gasteiger partial charge in [-0.1, -0.05) is 20.8 Å². The van der Waals surface area contributed by atoms with Gasteiger partial charge in [-0.15, -0.1) is 0 Å². The van der Waals surface area contributed by atoms with Crippen molar-refractivity contribution in [3.05, 3.63) is 0 Å². The SMILES string of the molecule is CCC(=O)NCCOCCOCCC(=O)NC1CCC(C(=O)C(C)C)CC1. The predicted octanol–water partition coefficient (Wildman–Crippen LogP) is 1.84. The molecular formula is C20H36N2O5. The van der Waals surface area contributed by atoms with Gasteiger partial charge in [0.2, 0.25) is 11.8 Å². The van der Waals surface area contributed by atoms with Crippen LogP contribution in [0.5, 0.6) is 0 Å². The molecule has 27 heavy (non-hydrogen) atoms. The third-order valence-corrected chi connectivity index (χ3v) is 4.80. The molecule has 1 rings (SSSR count). The second-order valence-corrected chi connectivity index (χ2v) is 7.35. The highest BCUT2D eigenvalue weighted by molar-refractivity contribution is 5.83. The minimum atomic E-state index is -0.00293. The van der Waals surface area contributed by atoms with E-state index in [0.29, 0.717) is 51.6 Å². The first-order chi connectivity index (χ1) is 12.9. The highest BCUT2D eigenvalue weighted by Gasteiger charge is 2.28. The first-order valence-electron chi connectivity index (χ1n) is 10.2. The third-order valence-electron chi connectivity index (χ3n) is 4.80. The summed E-state index contributed by atoms with van der Waals surface area (Å²) in [6.45, 7) is 7.89. The van der Waals surface area contributed by atoms with E-state index in [2.05, 4.69) is 10.6 Å². The highest BCUT2D eigenvalue weighted by Crippen LogP contribution is 2.27. The maximum absolute atomic E-state index is 12.0. The molecule has 2 amide bonds. The topological polar surface area (TPSA) is 93.7 Å². The Morgan fingerprint density at radius 1 is 0.926 bits per heavy atom. The van der Waals surface area contributed by atoms with Gasteiger partial charge in [-0.25, -0.2) is 0 Å². The number of Topliss-reactive ketones (excluding diaryl/α,β-unsaturated/α-hetero) is 1. The van der Waals surface area contributed by atoms with E-state index in [4.69, 9.17) is 9.47 Å². The fraction of sp³-hybridized carbons (Fsp3) is 0.850. The fourth-order valence-electron chi connectivity index (χ4n) is 3.17. The maximum atomic E-state index is 12.0. The van der Waals surface area contributed by atoms with Crippen molar-refractivity contribution < 1.29 is 23.9 Å². The van der Waals surface area contributed by atoms with Crippen LogP contribution in [-0.4, -0.2) is 56.6 Å². The molecule has 0 radical (unpaired) electrons. The molecule has 0 atom stereocenters. The lowest BCUT2D eigenvalue weighted by Crippen LogP contribution is -2.39. The number of hydrogen-bond acceptors (Lipinski definition) is 5. The summed E-state index contributed by atoms with van der Waals surface area (Å²) in [5.74, 6) is 0.620. The van der Waals surface area contributed by atoms with Gasteiger partial charge in [-0.2, -0.15) is 0 Å². The zero-order valence-electron chi connectivity index (χ0n) is 17.1. The molecule has 0 spiro atoms. The summed E-state index contributed by atoms with van der Waals surface area (Å²) < 4.78 is 10.7. The Morgan fingerprint density at radius 3 is 2.15 bits per heavy atom. The summed E-state index contributed by atoms with van der Waals surface area (Å²) >= 11 is 0. The molecule has 7 nitrogen and oxygen atoms in total. The molecule has 1 saturated carbocycles. The normalized spacial score (nSPS) is 19.7. The van der Waals surface area contributed by atoms with Gasteiger partial charge in [-0.3, -0.25) is 14.4 Å². The van der Waals surface area contributed by atoms with Crippen molar-refractivity contribution in [2.75, 3.05) is 33.0 Å². The number of carbonyl (C=O) groups is 3. The van der Waals surface area contributed by atoms with Crippen LogP contribution in [-0.2, 0) is 23.9 Å². The molecule has 0 unspecified atom stereocenters. The lowest BCUT2D eigenvalue weighted by molar-refractivity contribution is -0.127. The lowest BCUT2D eigenvalue weighted by atomic mass is 9.80. The number of rotatable bonds is 13. The molecule has 0 aromatic rings. The summed E-state index contributed by atoms with van der Waals surface area (Å²) in [6, 6.07) is 0.176. The number of amides is 2. The summed E-state index contributed by atoms with van der Waals surface area (Å²) in [6.07, 6.45) is 4.29. The molecular weight excluding hydrogens is 348 g/mol. The van der Waals surface area contributed by atoms with Gasteiger partial charge in [0.15, 0.2) is 0 Å². The van der Waals surface area contributed by atoms with Crippen LogP contribution in [0.2, 0.25) is 0 Å². The van der Waals surface area contributed by atoms with E-state index < -0.39 is 0 Å². The molecule has 7 heteroatoms. The number of ketones is 1. The lowest BCUT2D eigenvalue weighted by Gasteiger charge is -2.29. The highest BCUT2D eigenvalue weighted by atomic mass is 16.5. The summed E-state index contributed by atoms with van der Waals surface area (Å²) in [4.78, 5) is 35.0. The third kappa shape index (κ3) is 10.4. The van der Waals surface area contributed by atoms with E-state index in [1.54, 1.807) is 6.92 Å². The Labute approximate surface area is 162 Å². The molecule has 156 valence electrons. The second-order valence-electron chi connectivity index (χ2n) is 7.35. The van der Waals surface area contributed by atoms with Crippen LogP contribution >= 0.6 is 0 Å². The van der Waals surface area contributed by atoms with Gasteiger partial charge in [0.05, 0.1) is 26.4 Å². The molecule has 1 aliphatic rings. The zero-order chi connectivity index (χ0) is 20.1. The smallest absolute Gasteiger partial charge is 0.222 e. The molecule has 0 aromatic carbocycles. The standard InChI is InChI=1S/C20H36N2O5/c1-4-18(23)21-10-12-27-14-13-26-11-9-19(24)22-17-7-5-16(6-8-17)20(25)15(2)3/h15-17H,4-14H2,1-3H3,(H,21,23)(H,22,24). The van der Waals surface area contributed by atoms with Crippen LogP contribution < -0.4 is 10.6 Å². The molecule has 0 heterocycles. The van der Waals surface area contributed by atoms with Crippen LogP contribution in [0.15, 0.2) is 0 Å². The van der Waals surface area contributed by atoms with Crippen molar-refractivity contribution in [1.29, 1.82) is 0 Å². The summed E-state index contributed by atoms with van der Waals surface area (Å²) in [5.41, 5.74) is 0. The van der Waals surface area contributed by atoms with Crippen molar-refractivity contribution in [2.45, 2.75) is 65.3 Å². The molecule has 0 saturated heterocycles. The van der Waals surface area contributed by atoms with Gasteiger partial charge in [-0.05, 0) is 25.7 Å². The molecule has 2 N–H and O–H groups in total. The Morgan fingerprint density at radius 2 is 1.56 bits per heavy atom. The van der Waals surface area contributed by atoms with Crippen LogP contribution in [0.25, 0.3) is 0 Å². The Balaban J connectivity index is 1.98. The minimum absolute atomic E-state index is 0.00293. The molecule has 0 aliphatic heterocycles. The van der Waals surface area contributed by atoms with Crippen LogP contribution in [0, 0.1) is 11.8 Å². The van der Waals surface area contributed by atoms with E-state index in [0.717, 1.165) is 25.7 Å². The van der Waals surface area contributed by atoms with Crippen molar-refractivity contribution in [1.82, 2.24) is 10.6 Å². The van der Waals surface area contributed by atoms with E-state index in [-0.39, 0.29) is 29.7 Å². The van der Waals surface area contributed by atoms with Gasteiger partial charge < -0.3 is 20.1 Å².